The molecule has 0 aromatic rings. The van der Waals surface area contributed by atoms with Crippen molar-refractivity contribution in [1.82, 2.24) is 0 Å². The molecule has 0 aromatic carbocycles. The summed E-state index contributed by atoms with van der Waals surface area (Å²) in [7, 11) is 0. The normalized spacial score (nSPS) is 15.7. The van der Waals surface area contributed by atoms with Gasteiger partial charge in [-0.25, -0.2) is 0 Å². The van der Waals surface area contributed by atoms with E-state index < -0.39 is 0 Å². The average molecular weight is 128 g/mol. The smallest absolute Gasteiger partial charge is 0.0357 e. The third kappa shape index (κ3) is 3.56. The van der Waals surface area contributed by atoms with E-state index >= 15 is 0 Å². The quantitative estimate of drug-likeness (QED) is 0.534. The molecule has 0 saturated carbocycles. The van der Waals surface area contributed by atoms with Crippen molar-refractivity contribution in [2.24, 2.45) is 11.3 Å². The second-order valence-electron chi connectivity index (χ2n) is 4.06. The first-order valence-electron chi connectivity index (χ1n) is 3.98. The van der Waals surface area contributed by atoms with Gasteiger partial charge in [-0.05, 0) is 11.3 Å². The molecule has 0 aliphatic heterocycles. The van der Waals surface area contributed by atoms with Gasteiger partial charge in [0.05, 0.1) is 0 Å². The van der Waals surface area contributed by atoms with Crippen LogP contribution in [0.3, 0.4) is 0 Å². The summed E-state index contributed by atoms with van der Waals surface area (Å²) in [5.41, 5.74) is 0.510. The summed E-state index contributed by atoms with van der Waals surface area (Å²) in [6, 6.07) is 0. The zero-order valence-corrected chi connectivity index (χ0v) is 7.49. The van der Waals surface area contributed by atoms with Gasteiger partial charge in [0.15, 0.2) is 0 Å². The molecule has 0 rings (SSSR count). The van der Waals surface area contributed by atoms with Crippen molar-refractivity contribution in [3.63, 3.8) is 0 Å². The summed E-state index contributed by atoms with van der Waals surface area (Å²) < 4.78 is 0. The fourth-order valence-electron chi connectivity index (χ4n) is 0.866. The summed E-state index contributed by atoms with van der Waals surface area (Å²) in [5.74, 6) is 0.863. The molecule has 1 unspecified atom stereocenters. The molecule has 0 fully saturated rings. The molecule has 0 amide bonds. The number of hydrogen-bond acceptors (Lipinski definition) is 0. The van der Waals surface area contributed by atoms with Crippen LogP contribution in [0.2, 0.25) is 0 Å². The fourth-order valence-corrected chi connectivity index (χ4v) is 0.866. The van der Waals surface area contributed by atoms with E-state index in [1.165, 1.54) is 12.8 Å². The molecule has 0 aromatic heterocycles. The molecule has 9 heavy (non-hydrogen) atoms. The van der Waals surface area contributed by atoms with Crippen LogP contribution in [0.15, 0.2) is 0 Å². The highest BCUT2D eigenvalue weighted by Crippen LogP contribution is 2.28. The van der Waals surface area contributed by atoms with Gasteiger partial charge in [-0.1, -0.05) is 47.5 Å². The molecule has 0 heterocycles. The third-order valence-electron chi connectivity index (χ3n) is 2.20. The Labute approximate surface area is 59.7 Å². The average Bonchev–Trinajstić information content (AvgIpc) is 1.64. The first-order valence-corrected chi connectivity index (χ1v) is 3.98. The minimum Gasteiger partial charge on any atom is -0.0654 e. The summed E-state index contributed by atoms with van der Waals surface area (Å²) in [5, 5.41) is 0. The van der Waals surface area contributed by atoms with Crippen LogP contribution in [0, 0.1) is 11.3 Å². The SMILES string of the molecule is CCCC(C)C(C)(C)C. The maximum Gasteiger partial charge on any atom is -0.0357 e. The molecule has 0 spiro atoms. The Hall–Kier alpha value is 0. The third-order valence-corrected chi connectivity index (χ3v) is 2.20. The van der Waals surface area contributed by atoms with Crippen LogP contribution in [0.4, 0.5) is 0 Å². The molecule has 0 aliphatic rings. The van der Waals surface area contributed by atoms with E-state index in [0.29, 0.717) is 5.41 Å². The molecule has 0 radical (unpaired) electrons. The summed E-state index contributed by atoms with van der Waals surface area (Å²) in [6.07, 6.45) is 2.68. The molecule has 0 heteroatoms. The lowest BCUT2D eigenvalue weighted by Crippen LogP contribution is -2.16. The van der Waals surface area contributed by atoms with Crippen LogP contribution in [-0.4, -0.2) is 0 Å². The van der Waals surface area contributed by atoms with Gasteiger partial charge < -0.3 is 0 Å². The highest BCUT2D eigenvalue weighted by Gasteiger charge is 2.18. The summed E-state index contributed by atoms with van der Waals surface area (Å²) >= 11 is 0. The summed E-state index contributed by atoms with van der Waals surface area (Å²) in [4.78, 5) is 0. The van der Waals surface area contributed by atoms with Crippen molar-refractivity contribution in [3.8, 4) is 0 Å². The van der Waals surface area contributed by atoms with Crippen molar-refractivity contribution in [2.75, 3.05) is 0 Å². The maximum absolute atomic E-state index is 2.34. The van der Waals surface area contributed by atoms with E-state index in [-0.39, 0.29) is 0 Å². The van der Waals surface area contributed by atoms with Crippen LogP contribution in [0.1, 0.15) is 47.5 Å². The van der Waals surface area contributed by atoms with Crippen molar-refractivity contribution >= 4 is 0 Å². The molecule has 0 saturated heterocycles. The lowest BCUT2D eigenvalue weighted by Gasteiger charge is -2.26. The zero-order chi connectivity index (χ0) is 7.49. The molecular formula is C9H20. The predicted molar refractivity (Wildman–Crippen MR) is 43.5 cm³/mol. The van der Waals surface area contributed by atoms with Gasteiger partial charge in [0, 0.05) is 0 Å². The zero-order valence-electron chi connectivity index (χ0n) is 7.49. The van der Waals surface area contributed by atoms with Gasteiger partial charge in [0.1, 0.15) is 0 Å². The minimum absolute atomic E-state index is 0.510. The fraction of sp³-hybridized carbons (Fsp3) is 1.00. The van der Waals surface area contributed by atoms with Gasteiger partial charge in [-0.2, -0.15) is 0 Å². The predicted octanol–water partition coefficient (Wildman–Crippen LogP) is 3.47. The number of hydrogen-bond donors (Lipinski definition) is 0. The van der Waals surface area contributed by atoms with Gasteiger partial charge in [0.2, 0.25) is 0 Å². The van der Waals surface area contributed by atoms with E-state index in [2.05, 4.69) is 34.6 Å². The molecule has 0 nitrogen and oxygen atoms in total. The minimum atomic E-state index is 0.510. The summed E-state index contributed by atoms with van der Waals surface area (Å²) in [6.45, 7) is 11.5. The molecule has 1 atom stereocenters. The van der Waals surface area contributed by atoms with Crippen molar-refractivity contribution in [1.29, 1.82) is 0 Å². The van der Waals surface area contributed by atoms with Gasteiger partial charge in [-0.3, -0.25) is 0 Å². The van der Waals surface area contributed by atoms with Crippen LogP contribution in [-0.2, 0) is 0 Å². The highest BCUT2D eigenvalue weighted by molar-refractivity contribution is 4.68. The van der Waals surface area contributed by atoms with E-state index in [0.717, 1.165) is 5.92 Å². The van der Waals surface area contributed by atoms with Crippen LogP contribution in [0.5, 0.6) is 0 Å². The van der Waals surface area contributed by atoms with Crippen LogP contribution >= 0.6 is 0 Å². The van der Waals surface area contributed by atoms with Gasteiger partial charge in [0.25, 0.3) is 0 Å². The number of rotatable bonds is 2. The van der Waals surface area contributed by atoms with E-state index in [4.69, 9.17) is 0 Å². The molecular weight excluding hydrogens is 108 g/mol. The van der Waals surface area contributed by atoms with Gasteiger partial charge in [-0.15, -0.1) is 0 Å². The second kappa shape index (κ2) is 3.24. The lowest BCUT2D eigenvalue weighted by atomic mass is 9.80. The second-order valence-corrected chi connectivity index (χ2v) is 4.06. The van der Waals surface area contributed by atoms with Crippen LogP contribution in [0.25, 0.3) is 0 Å². The first kappa shape index (κ1) is 9.00. The Kier molecular flexibility index (Phi) is 3.24. The standard InChI is InChI=1S/C9H20/c1-6-7-8(2)9(3,4)5/h8H,6-7H2,1-5H3. The molecule has 0 bridgehead atoms. The highest BCUT2D eigenvalue weighted by atomic mass is 14.2. The van der Waals surface area contributed by atoms with Crippen LogP contribution < -0.4 is 0 Å². The van der Waals surface area contributed by atoms with E-state index in [9.17, 15) is 0 Å². The molecule has 0 N–H and O–H groups in total. The Balaban J connectivity index is 3.59. The molecule has 0 aliphatic carbocycles. The van der Waals surface area contributed by atoms with E-state index in [1.54, 1.807) is 0 Å². The van der Waals surface area contributed by atoms with Crippen molar-refractivity contribution < 1.29 is 0 Å². The topological polar surface area (TPSA) is 0 Å². The lowest BCUT2D eigenvalue weighted by molar-refractivity contribution is 0.245. The Bertz CT molecular complexity index is 66.6. The largest absolute Gasteiger partial charge is 0.0654 e. The Morgan fingerprint density at radius 2 is 1.67 bits per heavy atom. The van der Waals surface area contributed by atoms with Crippen molar-refractivity contribution in [2.45, 2.75) is 47.5 Å². The van der Waals surface area contributed by atoms with E-state index in [1.807, 2.05) is 0 Å². The molecule has 56 valence electrons. The van der Waals surface area contributed by atoms with Gasteiger partial charge >= 0.3 is 0 Å². The Morgan fingerprint density at radius 3 is 1.78 bits per heavy atom. The monoisotopic (exact) mass is 128 g/mol. The Morgan fingerprint density at radius 1 is 1.22 bits per heavy atom. The maximum atomic E-state index is 2.34. The first-order chi connectivity index (χ1) is 3.98. The van der Waals surface area contributed by atoms with Crippen molar-refractivity contribution in [3.05, 3.63) is 0 Å².